The summed E-state index contributed by atoms with van der Waals surface area (Å²) < 4.78 is 13.3. The van der Waals surface area contributed by atoms with E-state index < -0.39 is 0 Å². The average molecular weight is 305 g/mol. The first-order valence-electron chi connectivity index (χ1n) is 7.16. The minimum Gasteiger partial charge on any atom is -0.339 e. The number of thioether (sulfide) groups is 1. The molecule has 0 amide bonds. The number of ketones is 1. The standard InChI is InChI=1S/C17H20FNOS/c1-4-5-8-19-13(3)11-21-17(19)10-16(20)15-9-14(18)7-6-12(15)2/h6-7,9-11H,4-5,8H2,1-3H3. The van der Waals surface area contributed by atoms with Crippen LogP contribution in [0.5, 0.6) is 0 Å². The summed E-state index contributed by atoms with van der Waals surface area (Å²) in [6.07, 6.45) is 3.81. The second-order valence-corrected chi connectivity index (χ2v) is 6.08. The zero-order valence-electron chi connectivity index (χ0n) is 12.6. The van der Waals surface area contributed by atoms with Gasteiger partial charge in [0.1, 0.15) is 5.82 Å². The van der Waals surface area contributed by atoms with Crippen LogP contribution in [0.2, 0.25) is 0 Å². The second kappa shape index (κ2) is 6.94. The largest absolute Gasteiger partial charge is 0.339 e. The number of hydrogen-bond acceptors (Lipinski definition) is 3. The molecule has 0 saturated heterocycles. The number of benzene rings is 1. The second-order valence-electron chi connectivity index (χ2n) is 5.19. The van der Waals surface area contributed by atoms with Crippen molar-refractivity contribution < 1.29 is 9.18 Å². The van der Waals surface area contributed by atoms with Crippen molar-refractivity contribution in [1.82, 2.24) is 4.90 Å². The molecule has 0 aliphatic carbocycles. The molecule has 0 aromatic heterocycles. The van der Waals surface area contributed by atoms with Gasteiger partial charge in [-0.2, -0.15) is 0 Å². The quantitative estimate of drug-likeness (QED) is 0.572. The molecule has 0 unspecified atom stereocenters. The van der Waals surface area contributed by atoms with Gasteiger partial charge in [-0.1, -0.05) is 31.2 Å². The molecule has 0 atom stereocenters. The summed E-state index contributed by atoms with van der Waals surface area (Å²) in [6, 6.07) is 4.33. The van der Waals surface area contributed by atoms with E-state index in [1.54, 1.807) is 23.9 Å². The highest BCUT2D eigenvalue weighted by Crippen LogP contribution is 2.34. The highest BCUT2D eigenvalue weighted by molar-refractivity contribution is 8.06. The average Bonchev–Trinajstić information content (AvgIpc) is 2.79. The van der Waals surface area contributed by atoms with Crippen LogP contribution in [0.4, 0.5) is 4.39 Å². The molecule has 0 bridgehead atoms. The summed E-state index contributed by atoms with van der Waals surface area (Å²) in [6.45, 7) is 6.92. The fraction of sp³-hybridized carbons (Fsp3) is 0.353. The minimum absolute atomic E-state index is 0.140. The molecule has 1 aliphatic heterocycles. The van der Waals surface area contributed by atoms with Gasteiger partial charge in [0.25, 0.3) is 0 Å². The maximum absolute atomic E-state index is 13.3. The van der Waals surface area contributed by atoms with Crippen molar-refractivity contribution in [3.63, 3.8) is 0 Å². The van der Waals surface area contributed by atoms with Gasteiger partial charge in [0, 0.05) is 23.9 Å². The number of unbranched alkanes of at least 4 members (excludes halogenated alkanes) is 1. The first-order valence-corrected chi connectivity index (χ1v) is 8.04. The van der Waals surface area contributed by atoms with Gasteiger partial charge in [-0.15, -0.1) is 0 Å². The Morgan fingerprint density at radius 3 is 2.86 bits per heavy atom. The van der Waals surface area contributed by atoms with Crippen LogP contribution >= 0.6 is 11.8 Å². The molecule has 112 valence electrons. The Morgan fingerprint density at radius 2 is 2.14 bits per heavy atom. The van der Waals surface area contributed by atoms with E-state index >= 15 is 0 Å². The van der Waals surface area contributed by atoms with Crippen LogP contribution in [0, 0.1) is 12.7 Å². The molecule has 0 saturated carbocycles. The van der Waals surface area contributed by atoms with Crippen molar-refractivity contribution in [2.24, 2.45) is 0 Å². The molecule has 1 heterocycles. The van der Waals surface area contributed by atoms with Crippen molar-refractivity contribution >= 4 is 17.5 Å². The molecule has 0 radical (unpaired) electrons. The minimum atomic E-state index is -0.376. The van der Waals surface area contributed by atoms with Crippen LogP contribution in [0.15, 0.2) is 40.4 Å². The maximum atomic E-state index is 13.3. The summed E-state index contributed by atoms with van der Waals surface area (Å²) in [5.41, 5.74) is 2.39. The van der Waals surface area contributed by atoms with E-state index in [-0.39, 0.29) is 11.6 Å². The van der Waals surface area contributed by atoms with E-state index in [0.29, 0.717) is 5.56 Å². The Hall–Kier alpha value is -1.55. The van der Waals surface area contributed by atoms with Gasteiger partial charge >= 0.3 is 0 Å². The molecule has 1 aromatic carbocycles. The first kappa shape index (κ1) is 15.8. The number of carbonyl (C=O) groups is 1. The topological polar surface area (TPSA) is 20.3 Å². The number of rotatable bonds is 5. The molecule has 0 N–H and O–H groups in total. The first-order chi connectivity index (χ1) is 10.0. The lowest BCUT2D eigenvalue weighted by Gasteiger charge is -2.21. The molecule has 0 fully saturated rings. The van der Waals surface area contributed by atoms with Crippen molar-refractivity contribution in [3.05, 3.63) is 57.4 Å². The third-order valence-electron chi connectivity index (χ3n) is 3.50. The number of carbonyl (C=O) groups excluding carboxylic acids is 1. The Labute approximate surface area is 129 Å². The fourth-order valence-corrected chi connectivity index (χ4v) is 3.17. The number of nitrogens with zero attached hydrogens (tertiary/aromatic N) is 1. The Morgan fingerprint density at radius 1 is 1.38 bits per heavy atom. The Bertz CT molecular complexity index is 607. The lowest BCUT2D eigenvalue weighted by Crippen LogP contribution is -2.18. The highest BCUT2D eigenvalue weighted by atomic mass is 32.2. The van der Waals surface area contributed by atoms with Crippen molar-refractivity contribution in [1.29, 1.82) is 0 Å². The molecular formula is C17H20FNOS. The molecule has 2 nitrogen and oxygen atoms in total. The SMILES string of the molecule is CCCCN1C(C)=CSC1=CC(=O)c1cc(F)ccc1C. The van der Waals surface area contributed by atoms with Crippen LogP contribution in [-0.4, -0.2) is 17.2 Å². The normalized spacial score (nSPS) is 16.5. The van der Waals surface area contributed by atoms with Gasteiger partial charge < -0.3 is 4.90 Å². The predicted molar refractivity (Wildman–Crippen MR) is 86.5 cm³/mol. The zero-order valence-corrected chi connectivity index (χ0v) is 13.5. The van der Waals surface area contributed by atoms with Crippen LogP contribution in [0.1, 0.15) is 42.6 Å². The molecule has 21 heavy (non-hydrogen) atoms. The fourth-order valence-electron chi connectivity index (χ4n) is 2.21. The lowest BCUT2D eigenvalue weighted by atomic mass is 10.0. The summed E-state index contributed by atoms with van der Waals surface area (Å²) in [5.74, 6) is -0.516. The van der Waals surface area contributed by atoms with Crippen LogP contribution in [0.3, 0.4) is 0 Å². The van der Waals surface area contributed by atoms with Crippen LogP contribution in [0.25, 0.3) is 0 Å². The molecule has 1 aliphatic rings. The van der Waals surface area contributed by atoms with Crippen molar-refractivity contribution in [3.8, 4) is 0 Å². The highest BCUT2D eigenvalue weighted by Gasteiger charge is 2.19. The van der Waals surface area contributed by atoms with E-state index in [0.717, 1.165) is 35.7 Å². The monoisotopic (exact) mass is 305 g/mol. The molecule has 4 heteroatoms. The van der Waals surface area contributed by atoms with Crippen molar-refractivity contribution in [2.75, 3.05) is 6.54 Å². The Kier molecular flexibility index (Phi) is 5.23. The smallest absolute Gasteiger partial charge is 0.188 e. The van der Waals surface area contributed by atoms with Gasteiger partial charge in [-0.25, -0.2) is 4.39 Å². The third-order valence-corrected chi connectivity index (χ3v) is 4.54. The summed E-state index contributed by atoms with van der Waals surface area (Å²) in [4.78, 5) is 14.5. The van der Waals surface area contributed by atoms with Gasteiger partial charge in [0.2, 0.25) is 0 Å². The summed E-state index contributed by atoms with van der Waals surface area (Å²) in [7, 11) is 0. The van der Waals surface area contributed by atoms with Gasteiger partial charge in [-0.05, 0) is 43.4 Å². The third kappa shape index (κ3) is 3.76. The van der Waals surface area contributed by atoms with E-state index in [1.165, 1.54) is 12.1 Å². The van der Waals surface area contributed by atoms with E-state index in [1.807, 2.05) is 19.3 Å². The summed E-state index contributed by atoms with van der Waals surface area (Å²) >= 11 is 1.55. The molecular weight excluding hydrogens is 285 g/mol. The van der Waals surface area contributed by atoms with Gasteiger partial charge in [-0.3, -0.25) is 4.79 Å². The Balaban J connectivity index is 2.22. The van der Waals surface area contributed by atoms with E-state index in [4.69, 9.17) is 0 Å². The maximum Gasteiger partial charge on any atom is 0.188 e. The predicted octanol–water partition coefficient (Wildman–Crippen LogP) is 4.87. The molecule has 0 spiro atoms. The molecule has 1 aromatic rings. The van der Waals surface area contributed by atoms with Gasteiger partial charge in [0.15, 0.2) is 5.78 Å². The molecule has 2 rings (SSSR count). The number of aryl methyl sites for hydroxylation is 1. The lowest BCUT2D eigenvalue weighted by molar-refractivity contribution is 0.104. The zero-order chi connectivity index (χ0) is 15.4. The van der Waals surface area contributed by atoms with E-state index in [2.05, 4.69) is 11.8 Å². The van der Waals surface area contributed by atoms with Gasteiger partial charge in [0.05, 0.1) is 5.03 Å². The van der Waals surface area contributed by atoms with Crippen molar-refractivity contribution in [2.45, 2.75) is 33.6 Å². The van der Waals surface area contributed by atoms with Crippen LogP contribution < -0.4 is 0 Å². The van der Waals surface area contributed by atoms with E-state index in [9.17, 15) is 9.18 Å². The van der Waals surface area contributed by atoms with Crippen LogP contribution in [-0.2, 0) is 0 Å². The number of halogens is 1. The summed E-state index contributed by atoms with van der Waals surface area (Å²) in [5, 5.41) is 2.97. The number of hydrogen-bond donors (Lipinski definition) is 0. The number of allylic oxidation sites excluding steroid dienone is 2.